The van der Waals surface area contributed by atoms with E-state index in [1.165, 1.54) is 115 Å². The third kappa shape index (κ3) is 31.3. The Hall–Kier alpha value is -0.780. The summed E-state index contributed by atoms with van der Waals surface area (Å²) in [5.74, 6) is 2.70. The van der Waals surface area contributed by atoms with Crippen molar-refractivity contribution < 1.29 is 0 Å². The molecule has 1 atom stereocenters. The van der Waals surface area contributed by atoms with Gasteiger partial charge in [-0.15, -0.1) is 0 Å². The Bertz CT molecular complexity index is 446. The van der Waals surface area contributed by atoms with Crippen LogP contribution in [0.25, 0.3) is 0 Å². The van der Waals surface area contributed by atoms with Gasteiger partial charge in [-0.3, -0.25) is 0 Å². The quantitative estimate of drug-likeness (QED) is 0.185. The molecule has 0 aromatic heterocycles. The molecule has 0 fully saturated rings. The van der Waals surface area contributed by atoms with E-state index in [9.17, 15) is 0 Å². The Morgan fingerprint density at radius 1 is 0.472 bits per heavy atom. The molecule has 1 rings (SSSR count). The number of unbranched alkanes of at least 4 members (excludes halogenated alkanes) is 5. The molecule has 0 aliphatic heterocycles. The van der Waals surface area contributed by atoms with Gasteiger partial charge in [-0.1, -0.05) is 202 Å². The van der Waals surface area contributed by atoms with Crippen LogP contribution in [0.15, 0.2) is 30.3 Å². The van der Waals surface area contributed by atoms with Crippen LogP contribution in [0.4, 0.5) is 0 Å². The normalized spacial score (nSPS) is 11.1. The highest BCUT2D eigenvalue weighted by atomic mass is 14.1. The molecule has 36 heavy (non-hydrogen) atoms. The van der Waals surface area contributed by atoms with Gasteiger partial charge < -0.3 is 0 Å². The van der Waals surface area contributed by atoms with Crippen molar-refractivity contribution in [1.82, 2.24) is 0 Å². The SMILES string of the molecule is CCC(C)c1ccccc1.CCCC(C)CCC.CCCCC(CCC)CCC.CCCCCCC. The highest BCUT2D eigenvalue weighted by Gasteiger charge is 2.04. The first-order valence-electron chi connectivity index (χ1n) is 16.5. The molecule has 0 bridgehead atoms. The maximum Gasteiger partial charge on any atom is -0.0193 e. The Morgan fingerprint density at radius 2 is 0.917 bits per heavy atom. The van der Waals surface area contributed by atoms with Crippen LogP contribution in [0.5, 0.6) is 0 Å². The van der Waals surface area contributed by atoms with Crippen molar-refractivity contribution in [3.63, 3.8) is 0 Å². The van der Waals surface area contributed by atoms with Crippen LogP contribution in [0.2, 0.25) is 0 Å². The topological polar surface area (TPSA) is 0 Å². The lowest BCUT2D eigenvalue weighted by Gasteiger charge is -2.13. The number of benzene rings is 1. The maximum atomic E-state index is 2.34. The summed E-state index contributed by atoms with van der Waals surface area (Å²) >= 11 is 0. The van der Waals surface area contributed by atoms with Gasteiger partial charge in [-0.2, -0.15) is 0 Å². The van der Waals surface area contributed by atoms with Crippen molar-refractivity contribution in [2.45, 2.75) is 184 Å². The Kier molecular flexibility index (Phi) is 37.8. The average molecular weight is 505 g/mol. The summed E-state index contributed by atoms with van der Waals surface area (Å²) in [5.41, 5.74) is 1.45. The third-order valence-corrected chi connectivity index (χ3v) is 7.11. The van der Waals surface area contributed by atoms with E-state index in [4.69, 9.17) is 0 Å². The second-order valence-corrected chi connectivity index (χ2v) is 11.0. The van der Waals surface area contributed by atoms with Gasteiger partial charge in [0.05, 0.1) is 0 Å². The lowest BCUT2D eigenvalue weighted by molar-refractivity contribution is 0.398. The molecule has 1 aromatic rings. The first kappa shape index (κ1) is 39.7. The van der Waals surface area contributed by atoms with Gasteiger partial charge in [0.15, 0.2) is 0 Å². The lowest BCUT2D eigenvalue weighted by atomic mass is 9.93. The van der Waals surface area contributed by atoms with E-state index < -0.39 is 0 Å². The van der Waals surface area contributed by atoms with Crippen LogP contribution in [0.1, 0.15) is 190 Å². The molecule has 0 amide bonds. The number of rotatable bonds is 17. The lowest BCUT2D eigenvalue weighted by Crippen LogP contribution is -1.99. The van der Waals surface area contributed by atoms with Crippen molar-refractivity contribution >= 4 is 0 Å². The van der Waals surface area contributed by atoms with E-state index in [0.717, 1.165) is 11.8 Å². The van der Waals surface area contributed by atoms with Gasteiger partial charge in [0, 0.05) is 0 Å². The largest absolute Gasteiger partial charge is 0.0654 e. The zero-order valence-electron chi connectivity index (χ0n) is 27.1. The van der Waals surface area contributed by atoms with E-state index in [1.54, 1.807) is 0 Å². The zero-order chi connectivity index (χ0) is 27.9. The predicted molar refractivity (Wildman–Crippen MR) is 171 cm³/mol. The number of hydrogen-bond donors (Lipinski definition) is 0. The molecule has 0 spiro atoms. The molecule has 0 heteroatoms. The van der Waals surface area contributed by atoms with Crippen molar-refractivity contribution in [3.8, 4) is 0 Å². The molecule has 1 aromatic carbocycles. The van der Waals surface area contributed by atoms with Crippen molar-refractivity contribution in [2.75, 3.05) is 0 Å². The highest BCUT2D eigenvalue weighted by molar-refractivity contribution is 5.18. The van der Waals surface area contributed by atoms with E-state index in [0.29, 0.717) is 5.92 Å². The van der Waals surface area contributed by atoms with Gasteiger partial charge in [0.25, 0.3) is 0 Å². The fraction of sp³-hybridized carbons (Fsp3) is 0.833. The molecule has 0 saturated heterocycles. The second-order valence-electron chi connectivity index (χ2n) is 11.0. The summed E-state index contributed by atoms with van der Waals surface area (Å²) in [7, 11) is 0. The Balaban J connectivity index is -0.000000410. The Morgan fingerprint density at radius 3 is 1.28 bits per heavy atom. The minimum atomic E-state index is 0.709. The summed E-state index contributed by atoms with van der Waals surface area (Å²) in [6, 6.07) is 10.6. The van der Waals surface area contributed by atoms with E-state index in [1.807, 2.05) is 0 Å². The van der Waals surface area contributed by atoms with Gasteiger partial charge in [0.1, 0.15) is 0 Å². The summed E-state index contributed by atoms with van der Waals surface area (Å²) in [6.45, 7) is 22.7. The first-order valence-corrected chi connectivity index (χ1v) is 16.5. The van der Waals surface area contributed by atoms with Crippen molar-refractivity contribution in [2.24, 2.45) is 11.8 Å². The van der Waals surface area contributed by atoms with Crippen LogP contribution in [-0.2, 0) is 0 Å². The minimum Gasteiger partial charge on any atom is -0.0654 e. The summed E-state index contributed by atoms with van der Waals surface area (Å²) in [5, 5.41) is 0. The minimum absolute atomic E-state index is 0.709. The smallest absolute Gasteiger partial charge is 0.0193 e. The molecule has 0 aliphatic rings. The van der Waals surface area contributed by atoms with Crippen LogP contribution in [-0.4, -0.2) is 0 Å². The zero-order valence-corrected chi connectivity index (χ0v) is 27.1. The molecular weight excluding hydrogens is 432 g/mol. The fourth-order valence-electron chi connectivity index (χ4n) is 4.57. The van der Waals surface area contributed by atoms with Gasteiger partial charge >= 0.3 is 0 Å². The van der Waals surface area contributed by atoms with E-state index >= 15 is 0 Å². The second kappa shape index (κ2) is 34.2. The standard InChI is InChI=1S/C11H24.C10H14.C8H18.C7H16/c1-4-7-10-11(8-5-2)9-6-3;1-3-9(2)10-7-5-4-6-8-10;1-4-6-8(3)7-5-2;1-3-5-7-6-4-2/h11H,4-10H2,1-3H3;4-9H,3H2,1-2H3;8H,4-7H2,1-3H3;3-7H2,1-2H3. The summed E-state index contributed by atoms with van der Waals surface area (Å²) in [6.07, 6.45) is 23.7. The molecule has 0 radical (unpaired) electrons. The number of hydrogen-bond acceptors (Lipinski definition) is 0. The van der Waals surface area contributed by atoms with Crippen LogP contribution < -0.4 is 0 Å². The summed E-state index contributed by atoms with van der Waals surface area (Å²) < 4.78 is 0. The monoisotopic (exact) mass is 505 g/mol. The molecule has 216 valence electrons. The van der Waals surface area contributed by atoms with Gasteiger partial charge in [-0.25, -0.2) is 0 Å². The Labute approximate surface area is 231 Å². The first-order chi connectivity index (χ1) is 17.4. The average Bonchev–Trinajstić information content (AvgIpc) is 2.89. The van der Waals surface area contributed by atoms with Crippen molar-refractivity contribution in [3.05, 3.63) is 35.9 Å². The van der Waals surface area contributed by atoms with Crippen LogP contribution in [0.3, 0.4) is 0 Å². The molecular formula is C36H72. The molecule has 0 aliphatic carbocycles. The van der Waals surface area contributed by atoms with Crippen LogP contribution in [0, 0.1) is 11.8 Å². The third-order valence-electron chi connectivity index (χ3n) is 7.11. The summed E-state index contributed by atoms with van der Waals surface area (Å²) in [4.78, 5) is 0. The van der Waals surface area contributed by atoms with E-state index in [-0.39, 0.29) is 0 Å². The maximum absolute atomic E-state index is 2.34. The van der Waals surface area contributed by atoms with Crippen LogP contribution >= 0.6 is 0 Å². The molecule has 1 unspecified atom stereocenters. The molecule has 0 nitrogen and oxygen atoms in total. The highest BCUT2D eigenvalue weighted by Crippen LogP contribution is 2.20. The molecule has 0 N–H and O–H groups in total. The predicted octanol–water partition coefficient (Wildman–Crippen LogP) is 13.8. The molecule has 0 heterocycles. The van der Waals surface area contributed by atoms with E-state index in [2.05, 4.69) is 99.6 Å². The molecule has 0 saturated carbocycles. The fourth-order valence-corrected chi connectivity index (χ4v) is 4.57. The van der Waals surface area contributed by atoms with Gasteiger partial charge in [0.2, 0.25) is 0 Å². The van der Waals surface area contributed by atoms with Gasteiger partial charge in [-0.05, 0) is 29.7 Å². The van der Waals surface area contributed by atoms with Crippen molar-refractivity contribution in [1.29, 1.82) is 0 Å².